The molecule has 1 aromatic carbocycles. The zero-order valence-electron chi connectivity index (χ0n) is 36.7. The van der Waals surface area contributed by atoms with Gasteiger partial charge in [0, 0.05) is 51.3 Å². The van der Waals surface area contributed by atoms with Gasteiger partial charge in [0.05, 0.1) is 48.7 Å². The first-order valence-electron chi connectivity index (χ1n) is 20.4. The fourth-order valence-electron chi connectivity index (χ4n) is 8.23. The number of likely N-dealkylation sites (N-methyl/N-ethyl adjacent to an activating group) is 2. The van der Waals surface area contributed by atoms with E-state index < -0.39 is 36.1 Å². The molecule has 0 saturated carbocycles. The van der Waals surface area contributed by atoms with Crippen LogP contribution in [0.3, 0.4) is 0 Å². The Bertz CT molecular complexity index is 1410. The van der Waals surface area contributed by atoms with E-state index in [2.05, 4.69) is 44.8 Å². The van der Waals surface area contributed by atoms with Crippen LogP contribution in [-0.4, -0.2) is 121 Å². The topological polar surface area (TPSA) is 126 Å². The molecule has 1 aromatic rings. The number of carbonyl (C=O) groups excluding carboxylic acids is 5. The lowest BCUT2D eigenvalue weighted by Crippen LogP contribution is -2.55. The van der Waals surface area contributed by atoms with Crippen LogP contribution in [0.15, 0.2) is 30.3 Å². The van der Waals surface area contributed by atoms with Crippen LogP contribution in [0.4, 0.5) is 0 Å². The summed E-state index contributed by atoms with van der Waals surface area (Å²) in [4.78, 5) is 74.7. The van der Waals surface area contributed by atoms with Gasteiger partial charge in [0.1, 0.15) is 0 Å². The van der Waals surface area contributed by atoms with Gasteiger partial charge in [-0.15, -0.1) is 0 Å². The van der Waals surface area contributed by atoms with Gasteiger partial charge in [-0.3, -0.25) is 28.9 Å². The maximum Gasteiger partial charge on any atom is 0.226 e. The molecule has 11 heteroatoms. The Morgan fingerprint density at radius 3 is 1.98 bits per heavy atom. The minimum atomic E-state index is -0.731. The van der Waals surface area contributed by atoms with E-state index in [1.165, 1.54) is 0 Å². The molecule has 1 aliphatic rings. The van der Waals surface area contributed by atoms with Crippen LogP contribution < -0.4 is 5.32 Å². The molecule has 0 spiro atoms. The Kier molecular flexibility index (Phi) is 18.7. The van der Waals surface area contributed by atoms with Crippen molar-refractivity contribution in [2.75, 3.05) is 34.9 Å². The van der Waals surface area contributed by atoms with E-state index in [9.17, 15) is 24.0 Å². The Hall–Kier alpha value is -3.15. The Balaban J connectivity index is 2.28. The number of benzene rings is 1. The fraction of sp³-hybridized carbons (Fsp3) is 0.750. The summed E-state index contributed by atoms with van der Waals surface area (Å²) in [7, 11) is 6.88. The van der Waals surface area contributed by atoms with E-state index in [0.717, 1.165) is 12.8 Å². The molecule has 11 nitrogen and oxygen atoms in total. The number of carbonyl (C=O) groups is 5. The molecule has 312 valence electrons. The SMILES string of the molecule is CC[C@H](C)[C@@H]([C@@H](CC(=O)N1CCC[C@H]1[C@H](OC)[C@@H](C)C(=O)N[C@H](C)C(=O)c1ccccc1)OC)N(C)C(=O)[C@@H](CC(=O)[C@H](C(C)C)N(C)C(C)(C)C)C(C)C. The smallest absolute Gasteiger partial charge is 0.226 e. The highest BCUT2D eigenvalue weighted by Gasteiger charge is 2.44. The summed E-state index contributed by atoms with van der Waals surface area (Å²) in [5.74, 6) is -1.89. The van der Waals surface area contributed by atoms with Crippen molar-refractivity contribution in [3.63, 3.8) is 0 Å². The number of ether oxygens (including phenoxy) is 2. The minimum absolute atomic E-state index is 0.00365. The first kappa shape index (κ1) is 48.0. The highest BCUT2D eigenvalue weighted by molar-refractivity contribution is 6.01. The Morgan fingerprint density at radius 1 is 0.891 bits per heavy atom. The molecule has 1 fully saturated rings. The molecule has 9 atom stereocenters. The van der Waals surface area contributed by atoms with Crippen LogP contribution in [0.25, 0.3) is 0 Å². The van der Waals surface area contributed by atoms with Gasteiger partial charge in [0.15, 0.2) is 11.6 Å². The van der Waals surface area contributed by atoms with Gasteiger partial charge >= 0.3 is 0 Å². The van der Waals surface area contributed by atoms with Gasteiger partial charge in [0.2, 0.25) is 17.7 Å². The number of hydrogen-bond donors (Lipinski definition) is 1. The molecule has 0 aromatic heterocycles. The van der Waals surface area contributed by atoms with Gasteiger partial charge in [-0.05, 0) is 65.3 Å². The lowest BCUT2D eigenvalue weighted by Gasteiger charge is -2.42. The predicted molar refractivity (Wildman–Crippen MR) is 219 cm³/mol. The van der Waals surface area contributed by atoms with Gasteiger partial charge in [-0.1, -0.05) is 85.2 Å². The number of hydrogen-bond acceptors (Lipinski definition) is 8. The van der Waals surface area contributed by atoms with E-state index in [4.69, 9.17) is 9.47 Å². The van der Waals surface area contributed by atoms with E-state index in [-0.39, 0.29) is 77.5 Å². The van der Waals surface area contributed by atoms with Crippen molar-refractivity contribution in [3.8, 4) is 0 Å². The van der Waals surface area contributed by atoms with Gasteiger partial charge in [-0.2, -0.15) is 0 Å². The second-order valence-corrected chi connectivity index (χ2v) is 17.5. The number of ketones is 2. The van der Waals surface area contributed by atoms with E-state index >= 15 is 0 Å². The normalized spacial score (nSPS) is 19.4. The maximum absolute atomic E-state index is 14.5. The monoisotopic (exact) mass is 771 g/mol. The molecule has 1 heterocycles. The van der Waals surface area contributed by atoms with Gasteiger partial charge < -0.3 is 24.6 Å². The van der Waals surface area contributed by atoms with Crippen molar-refractivity contribution < 1.29 is 33.4 Å². The summed E-state index contributed by atoms with van der Waals surface area (Å²) in [5.41, 5.74) is 0.300. The van der Waals surface area contributed by atoms with Crippen LogP contribution in [0.5, 0.6) is 0 Å². The third-order valence-electron chi connectivity index (χ3n) is 12.0. The third kappa shape index (κ3) is 12.4. The second-order valence-electron chi connectivity index (χ2n) is 17.5. The highest BCUT2D eigenvalue weighted by Crippen LogP contribution is 2.31. The average molecular weight is 771 g/mol. The van der Waals surface area contributed by atoms with E-state index in [1.54, 1.807) is 69.2 Å². The molecule has 55 heavy (non-hydrogen) atoms. The van der Waals surface area contributed by atoms with Crippen molar-refractivity contribution in [2.24, 2.45) is 29.6 Å². The summed E-state index contributed by atoms with van der Waals surface area (Å²) in [6, 6.07) is 7.02. The van der Waals surface area contributed by atoms with Crippen molar-refractivity contribution in [1.29, 1.82) is 0 Å². The Morgan fingerprint density at radius 2 is 1.49 bits per heavy atom. The lowest BCUT2D eigenvalue weighted by molar-refractivity contribution is -0.149. The van der Waals surface area contributed by atoms with Crippen LogP contribution in [0.2, 0.25) is 0 Å². The second kappa shape index (κ2) is 21.4. The maximum atomic E-state index is 14.5. The molecule has 3 amide bonds. The van der Waals surface area contributed by atoms with Gasteiger partial charge in [0.25, 0.3) is 0 Å². The van der Waals surface area contributed by atoms with Crippen LogP contribution in [0, 0.1) is 29.6 Å². The van der Waals surface area contributed by atoms with Crippen LogP contribution in [0.1, 0.15) is 119 Å². The molecule has 1 saturated heterocycles. The first-order valence-corrected chi connectivity index (χ1v) is 20.4. The highest BCUT2D eigenvalue weighted by atomic mass is 16.5. The Labute approximate surface area is 332 Å². The number of nitrogens with one attached hydrogen (secondary N) is 1. The molecule has 2 rings (SSSR count). The molecule has 0 radical (unpaired) electrons. The number of likely N-dealkylation sites (tertiary alicyclic amines) is 1. The van der Waals surface area contributed by atoms with Crippen molar-refractivity contribution in [1.82, 2.24) is 20.0 Å². The van der Waals surface area contributed by atoms with E-state index in [1.807, 2.05) is 40.8 Å². The van der Waals surface area contributed by atoms with Crippen molar-refractivity contribution in [3.05, 3.63) is 35.9 Å². The molecular formula is C44H74N4O7. The van der Waals surface area contributed by atoms with Gasteiger partial charge in [-0.25, -0.2) is 0 Å². The van der Waals surface area contributed by atoms with Crippen LogP contribution in [-0.2, 0) is 28.7 Å². The zero-order valence-corrected chi connectivity index (χ0v) is 36.7. The number of methoxy groups -OCH3 is 2. The summed E-state index contributed by atoms with van der Waals surface area (Å²) in [6.07, 6.45) is 1.13. The van der Waals surface area contributed by atoms with E-state index in [0.29, 0.717) is 18.5 Å². The molecule has 0 unspecified atom stereocenters. The molecule has 1 N–H and O–H groups in total. The minimum Gasteiger partial charge on any atom is -0.379 e. The zero-order chi connectivity index (χ0) is 41.9. The van der Waals surface area contributed by atoms with Crippen molar-refractivity contribution >= 4 is 29.3 Å². The number of nitrogens with zero attached hydrogens (tertiary/aromatic N) is 3. The first-order chi connectivity index (χ1) is 25.6. The molecule has 0 bridgehead atoms. The molecule has 0 aliphatic carbocycles. The summed E-state index contributed by atoms with van der Waals surface area (Å²) in [6.45, 7) is 22.4. The number of Topliss-reactive ketones (excluding diaryl/α,β-unsaturated/α-hetero) is 2. The summed E-state index contributed by atoms with van der Waals surface area (Å²) in [5, 5.41) is 2.86. The number of rotatable bonds is 21. The summed E-state index contributed by atoms with van der Waals surface area (Å²) >= 11 is 0. The standard InChI is InChI=1S/C44H74N4O7/c1-16-29(6)39(46(12)43(53)33(27(2)3)25-35(49)38(28(4)5)47(13)44(9,10)11)36(54-14)26-37(50)48-24-20-23-34(48)41(55-15)30(7)42(52)45-31(8)40(51)32-21-18-17-19-22-32/h17-19,21-22,27-31,33-34,36,38-39,41H,16,20,23-26H2,1-15H3,(H,45,52)/t29-,30+,31+,33-,34-,36+,38-,39-,41+/m0/s1. The summed E-state index contributed by atoms with van der Waals surface area (Å²) < 4.78 is 12.0. The average Bonchev–Trinajstić information content (AvgIpc) is 3.62. The predicted octanol–water partition coefficient (Wildman–Crippen LogP) is 6.28. The number of amides is 3. The molecule has 1 aliphatic heterocycles. The lowest BCUT2D eigenvalue weighted by atomic mass is 9.83. The van der Waals surface area contributed by atoms with Crippen LogP contribution >= 0.6 is 0 Å². The largest absolute Gasteiger partial charge is 0.379 e. The quantitative estimate of drug-likeness (QED) is 0.145. The van der Waals surface area contributed by atoms with Crippen molar-refractivity contribution in [2.45, 2.75) is 150 Å². The third-order valence-corrected chi connectivity index (χ3v) is 12.0. The molecular weight excluding hydrogens is 697 g/mol. The fourth-order valence-corrected chi connectivity index (χ4v) is 8.23.